The molecule has 0 saturated carbocycles. The predicted octanol–water partition coefficient (Wildman–Crippen LogP) is 1.77. The first-order chi connectivity index (χ1) is 6.86. The number of rotatable bonds is 2. The lowest BCUT2D eigenvalue weighted by atomic mass is 10.1. The van der Waals surface area contributed by atoms with Gasteiger partial charge in [0.15, 0.2) is 0 Å². The Morgan fingerprint density at radius 1 is 1.29 bits per heavy atom. The van der Waals surface area contributed by atoms with Crippen LogP contribution in [0.25, 0.3) is 0 Å². The number of para-hydroxylation sites is 1. The zero-order valence-electron chi connectivity index (χ0n) is 7.95. The van der Waals surface area contributed by atoms with E-state index in [0.29, 0.717) is 13.0 Å². The maximum absolute atomic E-state index is 13.4. The van der Waals surface area contributed by atoms with Crippen molar-refractivity contribution in [3.8, 4) is 5.75 Å². The molecule has 3 heteroatoms. The van der Waals surface area contributed by atoms with E-state index in [1.165, 1.54) is 0 Å². The average Bonchev–Trinajstić information content (AvgIpc) is 2.23. The molecule has 0 aromatic heterocycles. The number of benzene rings is 1. The smallest absolute Gasteiger partial charge is 0.142 e. The van der Waals surface area contributed by atoms with Gasteiger partial charge in [-0.15, -0.1) is 0 Å². The molecule has 1 aromatic rings. The van der Waals surface area contributed by atoms with Crippen molar-refractivity contribution in [2.45, 2.75) is 18.7 Å². The van der Waals surface area contributed by atoms with Gasteiger partial charge >= 0.3 is 0 Å². The molecule has 1 fully saturated rings. The third-order valence-electron chi connectivity index (χ3n) is 2.38. The lowest BCUT2D eigenvalue weighted by Crippen LogP contribution is -2.45. The molecule has 1 aromatic carbocycles. The van der Waals surface area contributed by atoms with Gasteiger partial charge in [0.05, 0.1) is 0 Å². The molecule has 2 nitrogen and oxygen atoms in total. The second kappa shape index (κ2) is 4.42. The first-order valence-electron chi connectivity index (χ1n) is 4.93. The van der Waals surface area contributed by atoms with Crippen LogP contribution in [-0.4, -0.2) is 25.4 Å². The zero-order valence-corrected chi connectivity index (χ0v) is 7.95. The Kier molecular flexibility index (Phi) is 2.99. The van der Waals surface area contributed by atoms with Crippen LogP contribution >= 0.6 is 0 Å². The largest absolute Gasteiger partial charge is 0.486 e. The average molecular weight is 195 g/mol. The van der Waals surface area contributed by atoms with E-state index in [1.807, 2.05) is 30.3 Å². The summed E-state index contributed by atoms with van der Waals surface area (Å²) in [6.07, 6.45) is -0.653. The van der Waals surface area contributed by atoms with E-state index in [4.69, 9.17) is 4.74 Å². The van der Waals surface area contributed by atoms with E-state index in [1.54, 1.807) is 0 Å². The molecule has 1 aliphatic heterocycles. The highest BCUT2D eigenvalue weighted by molar-refractivity contribution is 5.21. The van der Waals surface area contributed by atoms with Crippen LogP contribution in [-0.2, 0) is 0 Å². The minimum atomic E-state index is -0.851. The normalized spacial score (nSPS) is 27.2. The monoisotopic (exact) mass is 195 g/mol. The molecule has 14 heavy (non-hydrogen) atoms. The molecule has 0 amide bonds. The quantitative estimate of drug-likeness (QED) is 0.776. The van der Waals surface area contributed by atoms with Crippen molar-refractivity contribution in [2.24, 2.45) is 0 Å². The first kappa shape index (κ1) is 9.46. The highest BCUT2D eigenvalue weighted by atomic mass is 19.1. The van der Waals surface area contributed by atoms with Crippen LogP contribution < -0.4 is 10.1 Å². The van der Waals surface area contributed by atoms with Gasteiger partial charge in [-0.2, -0.15) is 0 Å². The second-order valence-electron chi connectivity index (χ2n) is 3.48. The van der Waals surface area contributed by atoms with E-state index < -0.39 is 6.17 Å². The van der Waals surface area contributed by atoms with Gasteiger partial charge < -0.3 is 10.1 Å². The first-order valence-corrected chi connectivity index (χ1v) is 4.93. The molecule has 2 rings (SSSR count). The van der Waals surface area contributed by atoms with E-state index in [0.717, 1.165) is 12.3 Å². The van der Waals surface area contributed by atoms with Crippen LogP contribution in [0.15, 0.2) is 30.3 Å². The Morgan fingerprint density at radius 2 is 2.07 bits per heavy atom. The van der Waals surface area contributed by atoms with Gasteiger partial charge in [0.1, 0.15) is 18.0 Å². The summed E-state index contributed by atoms with van der Waals surface area (Å²) in [5.41, 5.74) is 0. The number of piperidine rings is 1. The van der Waals surface area contributed by atoms with Crippen LogP contribution in [0.4, 0.5) is 4.39 Å². The third kappa shape index (κ3) is 2.23. The molecule has 2 atom stereocenters. The van der Waals surface area contributed by atoms with Crippen LogP contribution in [0.2, 0.25) is 0 Å². The Balaban J connectivity index is 1.96. The number of hydrogen-bond acceptors (Lipinski definition) is 2. The van der Waals surface area contributed by atoms with E-state index >= 15 is 0 Å². The molecule has 1 saturated heterocycles. The van der Waals surface area contributed by atoms with E-state index in [9.17, 15) is 4.39 Å². The summed E-state index contributed by atoms with van der Waals surface area (Å²) < 4.78 is 18.9. The molecular formula is C11H14FNO. The van der Waals surface area contributed by atoms with Gasteiger partial charge in [-0.05, 0) is 25.1 Å². The summed E-state index contributed by atoms with van der Waals surface area (Å²) in [5, 5.41) is 3.12. The van der Waals surface area contributed by atoms with Crippen LogP contribution in [0.1, 0.15) is 6.42 Å². The SMILES string of the molecule is F[C@@H]1CCNC[C@@H]1Oc1ccccc1. The molecule has 0 spiro atoms. The van der Waals surface area contributed by atoms with Gasteiger partial charge in [-0.3, -0.25) is 0 Å². The minimum absolute atomic E-state index is 0.342. The van der Waals surface area contributed by atoms with Gasteiger partial charge in [-0.25, -0.2) is 4.39 Å². The Labute approximate surface area is 83.1 Å². The molecular weight excluding hydrogens is 181 g/mol. The van der Waals surface area contributed by atoms with Crippen molar-refractivity contribution in [3.63, 3.8) is 0 Å². The molecule has 1 N–H and O–H groups in total. The van der Waals surface area contributed by atoms with Crippen LogP contribution in [0, 0.1) is 0 Å². The van der Waals surface area contributed by atoms with Gasteiger partial charge in [0.25, 0.3) is 0 Å². The molecule has 1 aliphatic rings. The fraction of sp³-hybridized carbons (Fsp3) is 0.455. The fourth-order valence-electron chi connectivity index (χ4n) is 1.59. The van der Waals surface area contributed by atoms with Gasteiger partial charge in [0, 0.05) is 6.54 Å². The van der Waals surface area contributed by atoms with Gasteiger partial charge in [-0.1, -0.05) is 18.2 Å². The number of alkyl halides is 1. The van der Waals surface area contributed by atoms with Crippen molar-refractivity contribution in [1.82, 2.24) is 5.32 Å². The number of ether oxygens (including phenoxy) is 1. The predicted molar refractivity (Wildman–Crippen MR) is 53.2 cm³/mol. The van der Waals surface area contributed by atoms with E-state index in [2.05, 4.69) is 5.32 Å². The molecule has 76 valence electrons. The Morgan fingerprint density at radius 3 is 2.79 bits per heavy atom. The summed E-state index contributed by atoms with van der Waals surface area (Å²) in [6, 6.07) is 9.39. The molecule has 0 bridgehead atoms. The number of nitrogens with one attached hydrogen (secondary N) is 1. The Hall–Kier alpha value is -1.09. The van der Waals surface area contributed by atoms with Crippen molar-refractivity contribution in [3.05, 3.63) is 30.3 Å². The van der Waals surface area contributed by atoms with Crippen molar-refractivity contribution in [2.75, 3.05) is 13.1 Å². The summed E-state index contributed by atoms with van der Waals surface area (Å²) in [5.74, 6) is 0.740. The van der Waals surface area contributed by atoms with Crippen molar-refractivity contribution < 1.29 is 9.13 Å². The lowest BCUT2D eigenvalue weighted by molar-refractivity contribution is 0.0745. The standard InChI is InChI=1S/C11H14FNO/c12-10-6-7-13-8-11(10)14-9-4-2-1-3-5-9/h1-5,10-11,13H,6-8H2/t10-,11+/m1/s1. The second-order valence-corrected chi connectivity index (χ2v) is 3.48. The zero-order chi connectivity index (χ0) is 9.80. The minimum Gasteiger partial charge on any atom is -0.486 e. The summed E-state index contributed by atoms with van der Waals surface area (Å²) >= 11 is 0. The maximum Gasteiger partial charge on any atom is 0.142 e. The molecule has 0 aliphatic carbocycles. The highest BCUT2D eigenvalue weighted by Gasteiger charge is 2.25. The number of halogens is 1. The Bertz CT molecular complexity index is 278. The highest BCUT2D eigenvalue weighted by Crippen LogP contribution is 2.17. The lowest BCUT2D eigenvalue weighted by Gasteiger charge is -2.27. The van der Waals surface area contributed by atoms with Crippen LogP contribution in [0.3, 0.4) is 0 Å². The number of hydrogen-bond donors (Lipinski definition) is 1. The molecule has 1 heterocycles. The van der Waals surface area contributed by atoms with E-state index in [-0.39, 0.29) is 6.10 Å². The van der Waals surface area contributed by atoms with Crippen molar-refractivity contribution >= 4 is 0 Å². The summed E-state index contributed by atoms with van der Waals surface area (Å²) in [6.45, 7) is 1.34. The van der Waals surface area contributed by atoms with Crippen LogP contribution in [0.5, 0.6) is 5.75 Å². The molecule has 0 unspecified atom stereocenters. The summed E-state index contributed by atoms with van der Waals surface area (Å²) in [4.78, 5) is 0. The maximum atomic E-state index is 13.4. The third-order valence-corrected chi connectivity index (χ3v) is 2.38. The van der Waals surface area contributed by atoms with Gasteiger partial charge in [0.2, 0.25) is 0 Å². The topological polar surface area (TPSA) is 21.3 Å². The van der Waals surface area contributed by atoms with Crippen molar-refractivity contribution in [1.29, 1.82) is 0 Å². The fourth-order valence-corrected chi connectivity index (χ4v) is 1.59. The summed E-state index contributed by atoms with van der Waals surface area (Å²) in [7, 11) is 0. The molecule has 0 radical (unpaired) electrons.